The smallest absolute Gasteiger partial charge is 0.267 e. The summed E-state index contributed by atoms with van der Waals surface area (Å²) in [6.45, 7) is 0.842. The van der Waals surface area contributed by atoms with Gasteiger partial charge in [0.15, 0.2) is 17.3 Å². The van der Waals surface area contributed by atoms with Crippen LogP contribution in [0.5, 0.6) is 23.3 Å². The molecule has 0 fully saturated rings. The van der Waals surface area contributed by atoms with Gasteiger partial charge in [0.05, 0.1) is 41.5 Å². The van der Waals surface area contributed by atoms with Crippen LogP contribution in [0.25, 0.3) is 0 Å². The van der Waals surface area contributed by atoms with Gasteiger partial charge in [0.1, 0.15) is 16.8 Å². The lowest BCUT2D eigenvalue weighted by atomic mass is 10.2. The lowest BCUT2D eigenvalue weighted by molar-refractivity contribution is 0.343. The van der Waals surface area contributed by atoms with Gasteiger partial charge in [-0.2, -0.15) is 20.2 Å². The highest BCUT2D eigenvalue weighted by molar-refractivity contribution is 6.29. The second-order valence-corrected chi connectivity index (χ2v) is 10.7. The number of nitrogen functional groups attached to an aromatic ring is 1. The van der Waals surface area contributed by atoms with Gasteiger partial charge in [0.25, 0.3) is 22.9 Å². The van der Waals surface area contributed by atoms with Gasteiger partial charge in [-0.1, -0.05) is 79.7 Å². The molecule has 0 bridgehead atoms. The minimum absolute atomic E-state index is 0. The maximum atomic E-state index is 12.0. The topological polar surface area (TPSA) is 171 Å². The van der Waals surface area contributed by atoms with Crippen molar-refractivity contribution in [3.63, 3.8) is 0 Å². The molecule has 2 aromatic carbocycles. The van der Waals surface area contributed by atoms with Crippen LogP contribution in [-0.4, -0.2) is 58.0 Å². The van der Waals surface area contributed by atoms with Crippen LogP contribution < -0.4 is 41.1 Å². The maximum absolute atomic E-state index is 12.0. The Morgan fingerprint density at radius 1 is 0.596 bits per heavy atom. The first-order valence-electron chi connectivity index (χ1n) is 15.3. The number of nitrogens with zero attached hydrogens (tertiary/aromatic N) is 6. The van der Waals surface area contributed by atoms with Crippen LogP contribution in [0.15, 0.2) is 119 Å². The first-order valence-corrected chi connectivity index (χ1v) is 15.7. The summed E-state index contributed by atoms with van der Waals surface area (Å²) in [5.74, 6) is 3.36. The molecule has 4 heterocycles. The highest BCUT2D eigenvalue weighted by Crippen LogP contribution is 2.27. The van der Waals surface area contributed by atoms with E-state index in [4.69, 9.17) is 36.3 Å². The first kappa shape index (κ1) is 40.0. The molecule has 272 valence electrons. The van der Waals surface area contributed by atoms with Crippen molar-refractivity contribution in [2.75, 3.05) is 39.5 Å². The van der Waals surface area contributed by atoms with Crippen LogP contribution in [0.1, 0.15) is 18.6 Å². The highest BCUT2D eigenvalue weighted by atomic mass is 35.5. The van der Waals surface area contributed by atoms with Crippen molar-refractivity contribution < 1.29 is 18.9 Å². The van der Waals surface area contributed by atoms with E-state index in [0.717, 1.165) is 11.1 Å². The van der Waals surface area contributed by atoms with E-state index in [-0.39, 0.29) is 18.5 Å². The number of anilines is 3. The fourth-order valence-electron chi connectivity index (χ4n) is 4.35. The summed E-state index contributed by atoms with van der Waals surface area (Å²) in [6, 6.07) is 32.2. The van der Waals surface area contributed by atoms with E-state index in [9.17, 15) is 9.59 Å². The van der Waals surface area contributed by atoms with Crippen LogP contribution in [0.4, 0.5) is 17.5 Å². The van der Waals surface area contributed by atoms with Gasteiger partial charge in [-0.05, 0) is 47.5 Å². The van der Waals surface area contributed by atoms with E-state index in [1.807, 2.05) is 60.7 Å². The van der Waals surface area contributed by atoms with Gasteiger partial charge >= 0.3 is 0 Å². The molecule has 4 aromatic heterocycles. The average Bonchev–Trinajstić information content (AvgIpc) is 3.15. The Labute approximate surface area is 306 Å². The largest absolute Gasteiger partial charge is 0.491 e. The van der Waals surface area contributed by atoms with E-state index in [2.05, 4.69) is 25.5 Å². The third-order valence-corrected chi connectivity index (χ3v) is 7.01. The Bertz CT molecular complexity index is 2110. The molecule has 14 nitrogen and oxygen atoms in total. The van der Waals surface area contributed by atoms with E-state index >= 15 is 0 Å². The van der Waals surface area contributed by atoms with Crippen molar-refractivity contribution in [2.24, 2.45) is 0 Å². The quantitative estimate of drug-likeness (QED) is 0.176. The van der Waals surface area contributed by atoms with Crippen molar-refractivity contribution in [2.45, 2.75) is 20.5 Å². The molecule has 3 N–H and O–H groups in total. The zero-order valence-electron chi connectivity index (χ0n) is 28.4. The molecule has 0 aliphatic rings. The molecular formula is C37H41ClN8O6. The summed E-state index contributed by atoms with van der Waals surface area (Å²) in [6.07, 6.45) is 0. The fraction of sp³-hybridized carbons (Fsp3) is 0.189. The van der Waals surface area contributed by atoms with Crippen LogP contribution in [0, 0.1) is 0 Å². The summed E-state index contributed by atoms with van der Waals surface area (Å²) < 4.78 is 22.9. The molecule has 0 saturated carbocycles. The SMILES string of the molecule is C.COc1ccc(N)nc1OC.COc1ccc(Nc2ccc(=O)n(Cc3ccccc3)n2)nc1OC.O=c1ccc(Cl)nn1Cc1ccccc1. The zero-order chi connectivity index (χ0) is 36.6. The molecule has 0 aliphatic heterocycles. The molecule has 6 aromatic rings. The standard InChI is InChI=1S/C18H18N4O3.C11H9ClN2O.C7H10N2O2.CH4/c1-24-14-8-9-15(20-18(14)25-2)19-16-10-11-17(23)22(21-16)12-13-6-4-3-5-7-13;12-10-6-7-11(15)14(13-10)8-9-4-2-1-3-5-9;1-10-5-3-4-6(8)9-7(5)11-2;/h3-11H,12H2,1-2H3,(H,19,20,21);1-7H,8H2;3-4H,1-2H3,(H2,8,9);1H4. The summed E-state index contributed by atoms with van der Waals surface area (Å²) in [5.41, 5.74) is 7.11. The second-order valence-electron chi connectivity index (χ2n) is 10.3. The molecule has 0 unspecified atom stereocenters. The van der Waals surface area contributed by atoms with Crippen LogP contribution in [0.3, 0.4) is 0 Å². The summed E-state index contributed by atoms with van der Waals surface area (Å²) in [4.78, 5) is 31.7. The van der Waals surface area contributed by atoms with Gasteiger partial charge in [-0.3, -0.25) is 9.59 Å². The minimum Gasteiger partial charge on any atom is -0.491 e. The molecule has 0 spiro atoms. The summed E-state index contributed by atoms with van der Waals surface area (Å²) >= 11 is 5.71. The van der Waals surface area contributed by atoms with Crippen LogP contribution >= 0.6 is 11.6 Å². The van der Waals surface area contributed by atoms with Crippen LogP contribution in [0.2, 0.25) is 5.15 Å². The van der Waals surface area contributed by atoms with Crippen molar-refractivity contribution in [3.8, 4) is 23.3 Å². The van der Waals surface area contributed by atoms with Gasteiger partial charge in [0.2, 0.25) is 0 Å². The fourth-order valence-corrected chi connectivity index (χ4v) is 4.51. The number of hydrogen-bond acceptors (Lipinski definition) is 12. The number of methoxy groups -OCH3 is 4. The molecule has 52 heavy (non-hydrogen) atoms. The average molecular weight is 729 g/mol. The number of nitrogens with one attached hydrogen (secondary N) is 1. The molecule has 15 heteroatoms. The third kappa shape index (κ3) is 11.9. The number of halogens is 1. The van der Waals surface area contributed by atoms with Crippen molar-refractivity contribution in [1.82, 2.24) is 29.5 Å². The van der Waals surface area contributed by atoms with E-state index in [1.165, 1.54) is 41.8 Å². The Hall–Kier alpha value is -6.41. The number of ether oxygens (including phenoxy) is 4. The number of benzene rings is 2. The van der Waals surface area contributed by atoms with Gasteiger partial charge in [-0.15, -0.1) is 0 Å². The highest BCUT2D eigenvalue weighted by Gasteiger charge is 2.09. The van der Waals surface area contributed by atoms with Gasteiger partial charge < -0.3 is 30.0 Å². The van der Waals surface area contributed by atoms with Gasteiger partial charge in [0, 0.05) is 12.1 Å². The number of pyridine rings is 2. The normalized spacial score (nSPS) is 9.87. The lowest BCUT2D eigenvalue weighted by Crippen LogP contribution is -2.23. The number of rotatable bonds is 10. The summed E-state index contributed by atoms with van der Waals surface area (Å²) in [5, 5.41) is 11.7. The second kappa shape index (κ2) is 20.3. The maximum Gasteiger partial charge on any atom is 0.267 e. The number of hydrogen-bond donors (Lipinski definition) is 2. The Morgan fingerprint density at radius 2 is 1.08 bits per heavy atom. The molecule has 0 amide bonds. The predicted molar refractivity (Wildman–Crippen MR) is 202 cm³/mol. The van der Waals surface area contributed by atoms with Gasteiger partial charge in [-0.25, -0.2) is 9.36 Å². The van der Waals surface area contributed by atoms with Crippen molar-refractivity contribution >= 4 is 29.1 Å². The zero-order valence-corrected chi connectivity index (χ0v) is 29.2. The van der Waals surface area contributed by atoms with Crippen molar-refractivity contribution in [3.05, 3.63) is 146 Å². The molecule has 0 radical (unpaired) electrons. The molecule has 0 atom stereocenters. The number of nitrogens with two attached hydrogens (primary N) is 1. The summed E-state index contributed by atoms with van der Waals surface area (Å²) in [7, 11) is 6.14. The van der Waals surface area contributed by atoms with E-state index in [1.54, 1.807) is 44.6 Å². The Kier molecular flexibility index (Phi) is 15.6. The monoisotopic (exact) mass is 728 g/mol. The number of aromatic nitrogens is 6. The predicted octanol–water partition coefficient (Wildman–Crippen LogP) is 5.71. The lowest BCUT2D eigenvalue weighted by Gasteiger charge is -2.11. The molecule has 6 rings (SSSR count). The van der Waals surface area contributed by atoms with Crippen LogP contribution in [-0.2, 0) is 13.1 Å². The Morgan fingerprint density at radius 3 is 1.62 bits per heavy atom. The van der Waals surface area contributed by atoms with Crippen molar-refractivity contribution in [1.29, 1.82) is 0 Å². The third-order valence-electron chi connectivity index (χ3n) is 6.81. The molecular weight excluding hydrogens is 688 g/mol. The first-order chi connectivity index (χ1) is 24.7. The molecule has 0 aliphatic carbocycles. The van der Waals surface area contributed by atoms with E-state index < -0.39 is 0 Å². The van der Waals surface area contributed by atoms with E-state index in [0.29, 0.717) is 59.0 Å². The Balaban J connectivity index is 0.000000230. The molecule has 0 saturated heterocycles. The minimum atomic E-state index is -0.172.